The molecule has 1 atom stereocenters. The van der Waals surface area contributed by atoms with E-state index in [4.69, 9.17) is 4.74 Å². The number of ether oxygens (including phenoxy) is 1. The van der Waals surface area contributed by atoms with Gasteiger partial charge in [-0.05, 0) is 49.5 Å². The zero-order chi connectivity index (χ0) is 12.8. The van der Waals surface area contributed by atoms with Crippen molar-refractivity contribution in [2.24, 2.45) is 11.8 Å². The molecule has 1 N–H and O–H groups in total. The molecule has 2 heteroatoms. The summed E-state index contributed by atoms with van der Waals surface area (Å²) in [5.41, 5.74) is 1.43. The van der Waals surface area contributed by atoms with Gasteiger partial charge in [-0.2, -0.15) is 0 Å². The van der Waals surface area contributed by atoms with E-state index in [9.17, 15) is 0 Å². The van der Waals surface area contributed by atoms with E-state index in [0.29, 0.717) is 0 Å². The Morgan fingerprint density at radius 2 is 1.89 bits per heavy atom. The summed E-state index contributed by atoms with van der Waals surface area (Å²) in [6, 6.07) is 8.55. The molecule has 0 aliphatic heterocycles. The van der Waals surface area contributed by atoms with Crippen molar-refractivity contribution in [3.05, 3.63) is 29.8 Å². The lowest BCUT2D eigenvalue weighted by Crippen LogP contribution is -2.26. The van der Waals surface area contributed by atoms with Crippen molar-refractivity contribution in [1.29, 1.82) is 0 Å². The molecule has 2 rings (SSSR count). The molecular weight excluding hydrogens is 222 g/mol. The molecule has 18 heavy (non-hydrogen) atoms. The highest BCUT2D eigenvalue weighted by atomic mass is 16.5. The summed E-state index contributed by atoms with van der Waals surface area (Å²) < 4.78 is 5.21. The highest BCUT2D eigenvalue weighted by Crippen LogP contribution is 2.33. The Morgan fingerprint density at radius 3 is 2.44 bits per heavy atom. The average Bonchev–Trinajstić information content (AvgIpc) is 2.93. The smallest absolute Gasteiger partial charge is 0.118 e. The van der Waals surface area contributed by atoms with E-state index in [-0.39, 0.29) is 0 Å². The van der Waals surface area contributed by atoms with Crippen LogP contribution in [0, 0.1) is 11.8 Å². The molecule has 0 radical (unpaired) electrons. The summed E-state index contributed by atoms with van der Waals surface area (Å²) >= 11 is 0. The lowest BCUT2D eigenvalue weighted by Gasteiger charge is -2.23. The molecular formula is C16H25NO. The Labute approximate surface area is 111 Å². The van der Waals surface area contributed by atoms with Crippen molar-refractivity contribution in [3.63, 3.8) is 0 Å². The van der Waals surface area contributed by atoms with E-state index in [1.807, 2.05) is 0 Å². The molecule has 0 spiro atoms. The van der Waals surface area contributed by atoms with Crippen LogP contribution < -0.4 is 10.1 Å². The number of methoxy groups -OCH3 is 1. The summed E-state index contributed by atoms with van der Waals surface area (Å²) in [7, 11) is 3.79. The third-order valence-electron chi connectivity index (χ3n) is 4.19. The molecule has 1 unspecified atom stereocenters. The zero-order valence-corrected chi connectivity index (χ0v) is 11.6. The van der Waals surface area contributed by atoms with E-state index in [2.05, 4.69) is 36.6 Å². The van der Waals surface area contributed by atoms with Crippen LogP contribution in [0.1, 0.15) is 31.2 Å². The second kappa shape index (κ2) is 6.79. The van der Waals surface area contributed by atoms with Gasteiger partial charge in [-0.3, -0.25) is 0 Å². The van der Waals surface area contributed by atoms with Crippen LogP contribution in [0.2, 0.25) is 0 Å². The van der Waals surface area contributed by atoms with Gasteiger partial charge in [0.2, 0.25) is 0 Å². The van der Waals surface area contributed by atoms with Crippen molar-refractivity contribution in [2.75, 3.05) is 20.7 Å². The summed E-state index contributed by atoms with van der Waals surface area (Å²) in [5, 5.41) is 3.36. The molecule has 2 nitrogen and oxygen atoms in total. The van der Waals surface area contributed by atoms with Crippen LogP contribution in [-0.4, -0.2) is 20.7 Å². The number of hydrogen-bond acceptors (Lipinski definition) is 2. The van der Waals surface area contributed by atoms with Crippen molar-refractivity contribution < 1.29 is 4.74 Å². The first-order chi connectivity index (χ1) is 8.83. The largest absolute Gasteiger partial charge is 0.497 e. The van der Waals surface area contributed by atoms with E-state index >= 15 is 0 Å². The molecule has 1 aliphatic rings. The average molecular weight is 247 g/mol. The van der Waals surface area contributed by atoms with Gasteiger partial charge in [0.25, 0.3) is 0 Å². The van der Waals surface area contributed by atoms with Gasteiger partial charge in [-0.25, -0.2) is 0 Å². The van der Waals surface area contributed by atoms with Gasteiger partial charge in [-0.15, -0.1) is 0 Å². The standard InChI is InChI=1S/C16H25NO/c1-17-12-15(14-5-3-4-6-14)11-13-7-9-16(18-2)10-8-13/h7-10,14-15,17H,3-6,11-12H2,1-2H3. The molecule has 1 aliphatic carbocycles. The van der Waals surface area contributed by atoms with Crippen molar-refractivity contribution in [2.45, 2.75) is 32.1 Å². The predicted octanol–water partition coefficient (Wildman–Crippen LogP) is 3.26. The summed E-state index contributed by atoms with van der Waals surface area (Å²) in [6.07, 6.45) is 6.88. The molecule has 100 valence electrons. The molecule has 1 aromatic carbocycles. The summed E-state index contributed by atoms with van der Waals surface area (Å²) in [4.78, 5) is 0. The van der Waals surface area contributed by atoms with Gasteiger partial charge in [0.15, 0.2) is 0 Å². The molecule has 1 fully saturated rings. The van der Waals surface area contributed by atoms with Crippen LogP contribution in [0.3, 0.4) is 0 Å². The van der Waals surface area contributed by atoms with Gasteiger partial charge in [0, 0.05) is 0 Å². The van der Waals surface area contributed by atoms with E-state index in [1.165, 1.54) is 37.7 Å². The second-order valence-corrected chi connectivity index (χ2v) is 5.41. The van der Waals surface area contributed by atoms with Crippen LogP contribution in [0.15, 0.2) is 24.3 Å². The maximum Gasteiger partial charge on any atom is 0.118 e. The van der Waals surface area contributed by atoms with Crippen molar-refractivity contribution in [3.8, 4) is 5.75 Å². The first kappa shape index (κ1) is 13.4. The Bertz CT molecular complexity index is 341. The van der Waals surface area contributed by atoms with Crippen LogP contribution >= 0.6 is 0 Å². The minimum atomic E-state index is 0.783. The fraction of sp³-hybridized carbons (Fsp3) is 0.625. The van der Waals surface area contributed by atoms with Crippen LogP contribution in [0.25, 0.3) is 0 Å². The highest BCUT2D eigenvalue weighted by Gasteiger charge is 2.24. The maximum atomic E-state index is 5.21. The quantitative estimate of drug-likeness (QED) is 0.833. The number of benzene rings is 1. The Hall–Kier alpha value is -1.02. The van der Waals surface area contributed by atoms with E-state index in [0.717, 1.165) is 24.1 Å². The monoisotopic (exact) mass is 247 g/mol. The van der Waals surface area contributed by atoms with Gasteiger partial charge in [0.05, 0.1) is 7.11 Å². The second-order valence-electron chi connectivity index (χ2n) is 5.41. The lowest BCUT2D eigenvalue weighted by atomic mass is 9.85. The van der Waals surface area contributed by atoms with Gasteiger partial charge in [-0.1, -0.05) is 37.8 Å². The third kappa shape index (κ3) is 3.49. The van der Waals surface area contributed by atoms with Crippen molar-refractivity contribution >= 4 is 0 Å². The topological polar surface area (TPSA) is 21.3 Å². The van der Waals surface area contributed by atoms with E-state index in [1.54, 1.807) is 7.11 Å². The zero-order valence-electron chi connectivity index (χ0n) is 11.6. The number of rotatable bonds is 6. The van der Waals surface area contributed by atoms with E-state index < -0.39 is 0 Å². The predicted molar refractivity (Wildman–Crippen MR) is 76.1 cm³/mol. The summed E-state index contributed by atoms with van der Waals surface area (Å²) in [5.74, 6) is 2.65. The van der Waals surface area contributed by atoms with Gasteiger partial charge < -0.3 is 10.1 Å². The molecule has 0 heterocycles. The SMILES string of the molecule is CNCC(Cc1ccc(OC)cc1)C1CCCC1. The molecule has 1 aromatic rings. The molecule has 0 bridgehead atoms. The summed E-state index contributed by atoms with van der Waals surface area (Å²) in [6.45, 7) is 1.14. The fourth-order valence-corrected chi connectivity index (χ4v) is 3.16. The van der Waals surface area contributed by atoms with Crippen molar-refractivity contribution in [1.82, 2.24) is 5.32 Å². The van der Waals surface area contributed by atoms with Gasteiger partial charge in [0.1, 0.15) is 5.75 Å². The molecule has 0 aromatic heterocycles. The molecule has 1 saturated carbocycles. The maximum absolute atomic E-state index is 5.21. The number of nitrogens with one attached hydrogen (secondary N) is 1. The fourth-order valence-electron chi connectivity index (χ4n) is 3.16. The Balaban J connectivity index is 1.98. The highest BCUT2D eigenvalue weighted by molar-refractivity contribution is 5.27. The van der Waals surface area contributed by atoms with Gasteiger partial charge >= 0.3 is 0 Å². The number of hydrogen-bond donors (Lipinski definition) is 1. The van der Waals surface area contributed by atoms with Crippen LogP contribution in [0.4, 0.5) is 0 Å². The van der Waals surface area contributed by atoms with Crippen LogP contribution in [0.5, 0.6) is 5.75 Å². The first-order valence-corrected chi connectivity index (χ1v) is 7.11. The first-order valence-electron chi connectivity index (χ1n) is 7.11. The normalized spacial score (nSPS) is 17.9. The third-order valence-corrected chi connectivity index (χ3v) is 4.19. The van der Waals surface area contributed by atoms with Crippen LogP contribution in [-0.2, 0) is 6.42 Å². The Kier molecular flexibility index (Phi) is 5.06. The lowest BCUT2D eigenvalue weighted by molar-refractivity contribution is 0.328. The Morgan fingerprint density at radius 1 is 1.22 bits per heavy atom. The molecule has 0 amide bonds. The minimum absolute atomic E-state index is 0.783. The minimum Gasteiger partial charge on any atom is -0.497 e. The molecule has 0 saturated heterocycles.